The van der Waals surface area contributed by atoms with Crippen LogP contribution in [0.25, 0.3) is 0 Å². The highest BCUT2D eigenvalue weighted by atomic mass is 32.2. The van der Waals surface area contributed by atoms with Gasteiger partial charge in [-0.15, -0.1) is 11.3 Å². The maximum Gasteiger partial charge on any atom is 0.252 e. The molecule has 5 nitrogen and oxygen atoms in total. The van der Waals surface area contributed by atoms with Crippen molar-refractivity contribution in [3.8, 4) is 5.75 Å². The van der Waals surface area contributed by atoms with Gasteiger partial charge in [-0.05, 0) is 29.1 Å². The number of sulfonamides is 1. The van der Waals surface area contributed by atoms with Crippen molar-refractivity contribution < 1.29 is 18.1 Å². The van der Waals surface area contributed by atoms with Crippen molar-refractivity contribution in [1.82, 2.24) is 4.31 Å². The van der Waals surface area contributed by atoms with Crippen molar-refractivity contribution >= 4 is 21.4 Å². The third kappa shape index (κ3) is 3.97. The van der Waals surface area contributed by atoms with Gasteiger partial charge in [0.05, 0.1) is 39.8 Å². The molecule has 1 aliphatic rings. The van der Waals surface area contributed by atoms with E-state index in [9.17, 15) is 8.42 Å². The quantitative estimate of drug-likeness (QED) is 0.825. The standard InChI is InChI=1S/C17H22N2O3S2/c1-22-16-6-4-15(5-7-16)8-9-18-10-12-19(13-11-18)24(20,21)17-3-2-14-23-17/h2-7,14H,8-13H2,1H3/p+1. The van der Waals surface area contributed by atoms with Crippen molar-refractivity contribution in [3.05, 3.63) is 47.3 Å². The summed E-state index contributed by atoms with van der Waals surface area (Å²) in [6.07, 6.45) is 0.997. The number of hydrogen-bond acceptors (Lipinski definition) is 4. The Kier molecular flexibility index (Phi) is 5.55. The third-order valence-corrected chi connectivity index (χ3v) is 7.72. The molecule has 130 valence electrons. The Balaban J connectivity index is 1.50. The first-order valence-electron chi connectivity index (χ1n) is 8.10. The van der Waals surface area contributed by atoms with Gasteiger partial charge in [0.1, 0.15) is 9.96 Å². The zero-order valence-electron chi connectivity index (χ0n) is 13.8. The van der Waals surface area contributed by atoms with Gasteiger partial charge in [-0.25, -0.2) is 8.42 Å². The summed E-state index contributed by atoms with van der Waals surface area (Å²) >= 11 is 1.29. The number of nitrogens with zero attached hydrogens (tertiary/aromatic N) is 1. The molecule has 0 aliphatic carbocycles. The second-order valence-corrected chi connectivity index (χ2v) is 9.05. The Labute approximate surface area is 147 Å². The number of ether oxygens (including phenoxy) is 1. The summed E-state index contributed by atoms with van der Waals surface area (Å²) in [4.78, 5) is 1.46. The minimum atomic E-state index is -3.29. The van der Waals surface area contributed by atoms with Gasteiger partial charge in [0, 0.05) is 6.42 Å². The molecule has 2 heterocycles. The van der Waals surface area contributed by atoms with E-state index >= 15 is 0 Å². The number of thiophene rings is 1. The minimum absolute atomic E-state index is 0.448. The molecule has 0 bridgehead atoms. The van der Waals surface area contributed by atoms with Gasteiger partial charge in [-0.2, -0.15) is 4.31 Å². The van der Waals surface area contributed by atoms with Crippen molar-refractivity contribution in [2.45, 2.75) is 10.6 Å². The minimum Gasteiger partial charge on any atom is -0.497 e. The largest absolute Gasteiger partial charge is 0.497 e. The molecular weight excluding hydrogens is 344 g/mol. The summed E-state index contributed by atoms with van der Waals surface area (Å²) in [6.45, 7) is 3.94. The highest BCUT2D eigenvalue weighted by Crippen LogP contribution is 2.20. The molecule has 0 saturated carbocycles. The lowest BCUT2D eigenvalue weighted by atomic mass is 10.1. The van der Waals surface area contributed by atoms with E-state index < -0.39 is 10.0 Å². The zero-order chi connectivity index (χ0) is 17.0. The average molecular weight is 368 g/mol. The molecular formula is C17H23N2O3S2+. The Bertz CT molecular complexity index is 735. The fraction of sp³-hybridized carbons (Fsp3) is 0.412. The highest BCUT2D eigenvalue weighted by molar-refractivity contribution is 7.91. The van der Waals surface area contributed by atoms with Crippen molar-refractivity contribution in [1.29, 1.82) is 0 Å². The lowest BCUT2D eigenvalue weighted by molar-refractivity contribution is -0.903. The van der Waals surface area contributed by atoms with Gasteiger partial charge in [0.15, 0.2) is 0 Å². The Morgan fingerprint density at radius 2 is 1.88 bits per heavy atom. The second-order valence-electron chi connectivity index (χ2n) is 5.93. The van der Waals surface area contributed by atoms with E-state index in [1.807, 2.05) is 17.5 Å². The van der Waals surface area contributed by atoms with Crippen LogP contribution in [0.1, 0.15) is 5.56 Å². The van der Waals surface area contributed by atoms with Crippen LogP contribution < -0.4 is 9.64 Å². The van der Waals surface area contributed by atoms with Crippen LogP contribution in [-0.2, 0) is 16.4 Å². The van der Waals surface area contributed by atoms with Crippen LogP contribution in [0.3, 0.4) is 0 Å². The molecule has 0 unspecified atom stereocenters. The summed E-state index contributed by atoms with van der Waals surface area (Å²) in [5.74, 6) is 0.874. The SMILES string of the molecule is COc1ccc(CC[NH+]2CCN(S(=O)(=O)c3cccs3)CC2)cc1. The normalized spacial score (nSPS) is 17.0. The topological polar surface area (TPSA) is 51.1 Å². The molecule has 1 aromatic carbocycles. The first-order chi connectivity index (χ1) is 11.6. The number of nitrogens with one attached hydrogen (secondary N) is 1. The van der Waals surface area contributed by atoms with E-state index in [0.29, 0.717) is 17.3 Å². The van der Waals surface area contributed by atoms with E-state index in [1.54, 1.807) is 23.5 Å². The van der Waals surface area contributed by atoms with Crippen LogP contribution >= 0.6 is 11.3 Å². The number of piperazine rings is 1. The average Bonchev–Trinajstić information content (AvgIpc) is 3.16. The molecule has 0 amide bonds. The van der Waals surface area contributed by atoms with Crippen LogP contribution in [0, 0.1) is 0 Å². The van der Waals surface area contributed by atoms with Gasteiger partial charge in [-0.1, -0.05) is 18.2 Å². The second kappa shape index (κ2) is 7.65. The lowest BCUT2D eigenvalue weighted by Crippen LogP contribution is -3.15. The predicted octanol–water partition coefficient (Wildman–Crippen LogP) is 0.889. The lowest BCUT2D eigenvalue weighted by Gasteiger charge is -2.31. The maximum absolute atomic E-state index is 12.5. The van der Waals surface area contributed by atoms with Crippen LogP contribution in [0.5, 0.6) is 5.75 Å². The molecule has 24 heavy (non-hydrogen) atoms. The number of benzene rings is 1. The van der Waals surface area contributed by atoms with Crippen LogP contribution in [0.2, 0.25) is 0 Å². The molecule has 3 rings (SSSR count). The summed E-state index contributed by atoms with van der Waals surface area (Å²) in [5, 5.41) is 1.81. The number of hydrogen-bond donors (Lipinski definition) is 1. The Morgan fingerprint density at radius 3 is 2.46 bits per heavy atom. The first kappa shape index (κ1) is 17.4. The van der Waals surface area contributed by atoms with Gasteiger partial charge in [0.25, 0.3) is 10.0 Å². The monoisotopic (exact) mass is 367 g/mol. The third-order valence-electron chi connectivity index (χ3n) is 4.45. The maximum atomic E-state index is 12.5. The van der Waals surface area contributed by atoms with Crippen molar-refractivity contribution in [2.24, 2.45) is 0 Å². The van der Waals surface area contributed by atoms with E-state index in [4.69, 9.17) is 4.74 Å². The van der Waals surface area contributed by atoms with Gasteiger partial charge in [-0.3, -0.25) is 0 Å². The van der Waals surface area contributed by atoms with E-state index in [2.05, 4.69) is 12.1 Å². The van der Waals surface area contributed by atoms with Crippen molar-refractivity contribution in [3.63, 3.8) is 0 Å². The van der Waals surface area contributed by atoms with E-state index in [0.717, 1.165) is 31.8 Å². The molecule has 1 saturated heterocycles. The summed E-state index contributed by atoms with van der Waals surface area (Å²) < 4.78 is 32.3. The predicted molar refractivity (Wildman–Crippen MR) is 95.3 cm³/mol. The molecule has 1 aromatic heterocycles. The van der Waals surface area contributed by atoms with Crippen LogP contribution in [-0.4, -0.2) is 52.6 Å². The molecule has 0 atom stereocenters. The zero-order valence-corrected chi connectivity index (χ0v) is 15.4. The molecule has 0 spiro atoms. The summed E-state index contributed by atoms with van der Waals surface area (Å²) in [6, 6.07) is 11.6. The van der Waals surface area contributed by atoms with Gasteiger partial charge >= 0.3 is 0 Å². The molecule has 1 fully saturated rings. The smallest absolute Gasteiger partial charge is 0.252 e. The summed E-state index contributed by atoms with van der Waals surface area (Å²) in [5.41, 5.74) is 1.29. The number of methoxy groups -OCH3 is 1. The number of rotatable bonds is 6. The van der Waals surface area contributed by atoms with Gasteiger partial charge < -0.3 is 9.64 Å². The highest BCUT2D eigenvalue weighted by Gasteiger charge is 2.30. The van der Waals surface area contributed by atoms with Crippen molar-refractivity contribution in [2.75, 3.05) is 39.8 Å². The first-order valence-corrected chi connectivity index (χ1v) is 10.4. The fourth-order valence-corrected chi connectivity index (χ4v) is 5.53. The number of quaternary nitrogens is 1. The Hall–Kier alpha value is -1.41. The molecule has 0 radical (unpaired) electrons. The van der Waals surface area contributed by atoms with E-state index in [-0.39, 0.29) is 0 Å². The molecule has 1 aliphatic heterocycles. The van der Waals surface area contributed by atoms with Gasteiger partial charge in [0.2, 0.25) is 0 Å². The van der Waals surface area contributed by atoms with Crippen LogP contribution in [0.15, 0.2) is 46.0 Å². The molecule has 2 aromatic rings. The summed E-state index contributed by atoms with van der Waals surface area (Å²) in [7, 11) is -1.62. The van der Waals surface area contributed by atoms with E-state index in [1.165, 1.54) is 21.8 Å². The fourth-order valence-electron chi connectivity index (χ4n) is 2.94. The Morgan fingerprint density at radius 1 is 1.17 bits per heavy atom. The molecule has 7 heteroatoms. The van der Waals surface area contributed by atoms with Crippen LogP contribution in [0.4, 0.5) is 0 Å². The molecule has 1 N–H and O–H groups in total.